The van der Waals surface area contributed by atoms with E-state index in [-0.39, 0.29) is 27.9 Å². The number of halogens is 2. The SMILES string of the molecule is CN(C)c1ncnc(NNC(=O)c2ccc(Cl)cc2Cl)c1[N+](=O)[O-]. The van der Waals surface area contributed by atoms with Crippen molar-refractivity contribution in [3.8, 4) is 0 Å². The Hall–Kier alpha value is -2.65. The molecule has 0 bridgehead atoms. The highest BCUT2D eigenvalue weighted by atomic mass is 35.5. The van der Waals surface area contributed by atoms with Crippen LogP contribution in [-0.2, 0) is 0 Å². The zero-order valence-electron chi connectivity index (χ0n) is 12.6. The van der Waals surface area contributed by atoms with Crippen molar-refractivity contribution in [2.45, 2.75) is 0 Å². The maximum atomic E-state index is 12.1. The number of hydrogen-bond donors (Lipinski definition) is 2. The second kappa shape index (κ2) is 7.28. The Kier molecular flexibility index (Phi) is 5.37. The van der Waals surface area contributed by atoms with Gasteiger partial charge in [-0.05, 0) is 18.2 Å². The number of carbonyl (C=O) groups is 1. The number of nitro groups is 1. The highest BCUT2D eigenvalue weighted by Crippen LogP contribution is 2.30. The molecular weight excluding hydrogens is 359 g/mol. The first-order chi connectivity index (χ1) is 11.3. The average Bonchev–Trinajstić information content (AvgIpc) is 2.51. The topological polar surface area (TPSA) is 113 Å². The molecule has 2 rings (SSSR count). The van der Waals surface area contributed by atoms with Crippen molar-refractivity contribution in [2.75, 3.05) is 24.4 Å². The van der Waals surface area contributed by atoms with E-state index in [1.165, 1.54) is 23.1 Å². The Morgan fingerprint density at radius 3 is 2.58 bits per heavy atom. The van der Waals surface area contributed by atoms with Gasteiger partial charge in [-0.15, -0.1) is 0 Å². The van der Waals surface area contributed by atoms with Gasteiger partial charge in [-0.25, -0.2) is 9.97 Å². The van der Waals surface area contributed by atoms with Crippen LogP contribution in [0.1, 0.15) is 10.4 Å². The number of carbonyl (C=O) groups excluding carboxylic acids is 1. The molecule has 1 heterocycles. The van der Waals surface area contributed by atoms with Crippen LogP contribution in [0, 0.1) is 10.1 Å². The average molecular weight is 371 g/mol. The summed E-state index contributed by atoms with van der Waals surface area (Å²) in [7, 11) is 3.20. The van der Waals surface area contributed by atoms with Crippen LogP contribution in [0.4, 0.5) is 17.3 Å². The van der Waals surface area contributed by atoms with Crippen molar-refractivity contribution in [3.05, 3.63) is 50.2 Å². The standard InChI is InChI=1S/C13H12Cl2N6O3/c1-20(2)12-10(21(23)24)11(16-6-17-12)18-19-13(22)8-4-3-7(14)5-9(8)15/h3-6H,1-2H3,(H,19,22)(H,16,17,18). The number of hydrogen-bond acceptors (Lipinski definition) is 7. The van der Waals surface area contributed by atoms with Gasteiger partial charge in [0.05, 0.1) is 15.5 Å². The number of aromatic nitrogens is 2. The molecule has 1 aromatic heterocycles. The summed E-state index contributed by atoms with van der Waals surface area (Å²) in [5.41, 5.74) is 4.51. The molecule has 11 heteroatoms. The largest absolute Gasteiger partial charge is 0.357 e. The molecule has 0 fully saturated rings. The molecule has 2 aromatic rings. The van der Waals surface area contributed by atoms with Gasteiger partial charge in [0.1, 0.15) is 6.33 Å². The summed E-state index contributed by atoms with van der Waals surface area (Å²) in [5.74, 6) is -0.663. The molecule has 0 aliphatic rings. The van der Waals surface area contributed by atoms with Crippen LogP contribution in [0.2, 0.25) is 10.0 Å². The van der Waals surface area contributed by atoms with Crippen LogP contribution in [0.25, 0.3) is 0 Å². The van der Waals surface area contributed by atoms with Crippen molar-refractivity contribution in [3.63, 3.8) is 0 Å². The fourth-order valence-electron chi connectivity index (χ4n) is 1.81. The van der Waals surface area contributed by atoms with Crippen LogP contribution in [-0.4, -0.2) is 34.9 Å². The number of rotatable bonds is 5. The zero-order chi connectivity index (χ0) is 17.9. The van der Waals surface area contributed by atoms with Crippen LogP contribution in [0.5, 0.6) is 0 Å². The zero-order valence-corrected chi connectivity index (χ0v) is 14.1. The smallest absolute Gasteiger partial charge is 0.355 e. The fourth-order valence-corrected chi connectivity index (χ4v) is 2.31. The summed E-state index contributed by atoms with van der Waals surface area (Å²) >= 11 is 11.7. The maximum absolute atomic E-state index is 12.1. The summed E-state index contributed by atoms with van der Waals surface area (Å²) in [6.45, 7) is 0. The Balaban J connectivity index is 2.24. The quantitative estimate of drug-likeness (QED) is 0.613. The second-order valence-electron chi connectivity index (χ2n) is 4.75. The lowest BCUT2D eigenvalue weighted by Crippen LogP contribution is -2.30. The third-order valence-corrected chi connectivity index (χ3v) is 3.43. The predicted molar refractivity (Wildman–Crippen MR) is 90.6 cm³/mol. The van der Waals surface area contributed by atoms with Crippen molar-refractivity contribution < 1.29 is 9.72 Å². The number of nitrogens with zero attached hydrogens (tertiary/aromatic N) is 4. The monoisotopic (exact) mass is 370 g/mol. The van der Waals surface area contributed by atoms with Crippen LogP contribution >= 0.6 is 23.2 Å². The molecule has 0 radical (unpaired) electrons. The second-order valence-corrected chi connectivity index (χ2v) is 5.59. The van der Waals surface area contributed by atoms with E-state index >= 15 is 0 Å². The number of benzene rings is 1. The van der Waals surface area contributed by atoms with Gasteiger partial charge >= 0.3 is 5.69 Å². The summed E-state index contributed by atoms with van der Waals surface area (Å²) in [4.78, 5) is 31.9. The van der Waals surface area contributed by atoms with E-state index in [4.69, 9.17) is 23.2 Å². The van der Waals surface area contributed by atoms with Crippen LogP contribution in [0.15, 0.2) is 24.5 Å². The van der Waals surface area contributed by atoms with E-state index in [0.717, 1.165) is 6.33 Å². The first-order valence-corrected chi connectivity index (χ1v) is 7.25. The van der Waals surface area contributed by atoms with E-state index in [9.17, 15) is 14.9 Å². The Labute approximate surface area is 146 Å². The van der Waals surface area contributed by atoms with E-state index < -0.39 is 10.8 Å². The molecule has 0 aliphatic heterocycles. The van der Waals surface area contributed by atoms with Crippen LogP contribution in [0.3, 0.4) is 0 Å². The summed E-state index contributed by atoms with van der Waals surface area (Å²) in [6, 6.07) is 4.34. The first kappa shape index (κ1) is 17.7. The van der Waals surface area contributed by atoms with Crippen molar-refractivity contribution in [2.24, 2.45) is 0 Å². The minimum atomic E-state index is -0.640. The Bertz CT molecular complexity index is 799. The van der Waals surface area contributed by atoms with Gasteiger partial charge in [0.2, 0.25) is 11.6 Å². The van der Waals surface area contributed by atoms with Crippen molar-refractivity contribution in [1.29, 1.82) is 0 Å². The normalized spacial score (nSPS) is 10.2. The lowest BCUT2D eigenvalue weighted by atomic mass is 10.2. The molecular formula is C13H12Cl2N6O3. The molecule has 0 aliphatic carbocycles. The molecule has 0 saturated carbocycles. The molecule has 1 amide bonds. The van der Waals surface area contributed by atoms with Gasteiger partial charge in [-0.3, -0.25) is 25.8 Å². The van der Waals surface area contributed by atoms with E-state index in [1.807, 2.05) is 0 Å². The molecule has 126 valence electrons. The molecule has 24 heavy (non-hydrogen) atoms. The van der Waals surface area contributed by atoms with Gasteiger partial charge in [-0.2, -0.15) is 0 Å². The Morgan fingerprint density at radius 1 is 1.29 bits per heavy atom. The summed E-state index contributed by atoms with van der Waals surface area (Å²) in [6.07, 6.45) is 1.14. The van der Waals surface area contributed by atoms with Gasteiger partial charge in [0, 0.05) is 19.1 Å². The van der Waals surface area contributed by atoms with Crippen molar-refractivity contribution in [1.82, 2.24) is 15.4 Å². The third-order valence-electron chi connectivity index (χ3n) is 2.88. The number of hydrazine groups is 1. The van der Waals surface area contributed by atoms with Gasteiger partial charge in [0.25, 0.3) is 5.91 Å². The molecule has 0 spiro atoms. The fraction of sp³-hybridized carbons (Fsp3) is 0.154. The van der Waals surface area contributed by atoms with Gasteiger partial charge in [0.15, 0.2) is 0 Å². The number of anilines is 2. The summed E-state index contributed by atoms with van der Waals surface area (Å²) in [5, 5.41) is 11.8. The van der Waals surface area contributed by atoms with Crippen molar-refractivity contribution >= 4 is 46.4 Å². The van der Waals surface area contributed by atoms with Gasteiger partial charge in [-0.1, -0.05) is 23.2 Å². The minimum absolute atomic E-state index is 0.0938. The minimum Gasteiger partial charge on any atom is -0.357 e. The predicted octanol–water partition coefficient (Wildman–Crippen LogP) is 2.51. The van der Waals surface area contributed by atoms with E-state index in [2.05, 4.69) is 20.8 Å². The maximum Gasteiger partial charge on any atom is 0.355 e. The highest BCUT2D eigenvalue weighted by molar-refractivity contribution is 6.36. The molecule has 9 nitrogen and oxygen atoms in total. The molecule has 0 saturated heterocycles. The van der Waals surface area contributed by atoms with E-state index in [0.29, 0.717) is 5.02 Å². The third kappa shape index (κ3) is 3.81. The molecule has 2 N–H and O–H groups in total. The molecule has 1 aromatic carbocycles. The lowest BCUT2D eigenvalue weighted by molar-refractivity contribution is -0.383. The Morgan fingerprint density at radius 2 is 2.00 bits per heavy atom. The number of nitrogens with one attached hydrogen (secondary N) is 2. The number of amides is 1. The first-order valence-electron chi connectivity index (χ1n) is 6.49. The molecule has 0 unspecified atom stereocenters. The molecule has 0 atom stereocenters. The highest BCUT2D eigenvalue weighted by Gasteiger charge is 2.24. The summed E-state index contributed by atoms with van der Waals surface area (Å²) < 4.78 is 0. The van der Waals surface area contributed by atoms with Crippen LogP contribution < -0.4 is 15.8 Å². The van der Waals surface area contributed by atoms with E-state index in [1.54, 1.807) is 14.1 Å². The van der Waals surface area contributed by atoms with Gasteiger partial charge < -0.3 is 4.90 Å². The lowest BCUT2D eigenvalue weighted by Gasteiger charge is -2.14.